The molecule has 2 fully saturated rings. The van der Waals surface area contributed by atoms with Crippen LogP contribution in [-0.2, 0) is 11.3 Å². The molecule has 1 aliphatic heterocycles. The Hall–Kier alpha value is -2.63. The van der Waals surface area contributed by atoms with E-state index in [4.69, 9.17) is 0 Å². The van der Waals surface area contributed by atoms with E-state index in [2.05, 4.69) is 22.2 Å². The Labute approximate surface area is 178 Å². The number of carbonyl (C=O) groups excluding carboxylic acids is 1. The molecule has 160 valence electrons. The monoisotopic (exact) mass is 408 g/mol. The number of piperidine rings is 1. The third-order valence-corrected chi connectivity index (χ3v) is 6.55. The molecular formula is C24H32N4O2. The zero-order chi connectivity index (χ0) is 20.9. The molecule has 2 aromatic rings. The van der Waals surface area contributed by atoms with Crippen molar-refractivity contribution in [1.29, 1.82) is 0 Å². The first-order chi connectivity index (χ1) is 14.6. The molecule has 1 atom stereocenters. The van der Waals surface area contributed by atoms with Crippen LogP contribution in [0.25, 0.3) is 0 Å². The van der Waals surface area contributed by atoms with Crippen LogP contribution < -0.4 is 15.8 Å². The summed E-state index contributed by atoms with van der Waals surface area (Å²) in [7, 11) is 0. The fourth-order valence-electron chi connectivity index (χ4n) is 4.62. The zero-order valence-corrected chi connectivity index (χ0v) is 17.8. The maximum Gasteiger partial charge on any atom is 0.269 e. The highest BCUT2D eigenvalue weighted by molar-refractivity contribution is 5.80. The van der Waals surface area contributed by atoms with Crippen LogP contribution in [-0.4, -0.2) is 34.8 Å². The van der Waals surface area contributed by atoms with E-state index < -0.39 is 0 Å². The second-order valence-electron chi connectivity index (χ2n) is 8.95. The fraction of sp³-hybridized carbons (Fsp3) is 0.542. The summed E-state index contributed by atoms with van der Waals surface area (Å²) in [5.74, 6) is 0.925. The van der Waals surface area contributed by atoms with Gasteiger partial charge in [0.15, 0.2) is 0 Å². The van der Waals surface area contributed by atoms with Gasteiger partial charge in [-0.25, -0.2) is 4.68 Å². The summed E-state index contributed by atoms with van der Waals surface area (Å²) in [6.45, 7) is 4.26. The Morgan fingerprint density at radius 3 is 2.63 bits per heavy atom. The van der Waals surface area contributed by atoms with E-state index in [0.29, 0.717) is 19.1 Å². The van der Waals surface area contributed by atoms with Crippen molar-refractivity contribution in [3.63, 3.8) is 0 Å². The number of benzene rings is 1. The number of nitrogens with one attached hydrogen (secondary N) is 1. The van der Waals surface area contributed by atoms with Crippen LogP contribution in [0.5, 0.6) is 0 Å². The second kappa shape index (κ2) is 9.45. The van der Waals surface area contributed by atoms with E-state index in [1.165, 1.54) is 17.5 Å². The summed E-state index contributed by atoms with van der Waals surface area (Å²) in [5, 5.41) is 7.66. The van der Waals surface area contributed by atoms with Gasteiger partial charge in [-0.2, -0.15) is 5.10 Å². The van der Waals surface area contributed by atoms with Crippen molar-refractivity contribution < 1.29 is 4.79 Å². The highest BCUT2D eigenvalue weighted by Crippen LogP contribution is 2.25. The third kappa shape index (κ3) is 5.10. The number of carbonyl (C=O) groups is 1. The van der Waals surface area contributed by atoms with E-state index in [1.807, 2.05) is 30.3 Å². The number of aromatic nitrogens is 2. The molecule has 4 rings (SSSR count). The van der Waals surface area contributed by atoms with Crippen LogP contribution in [0.1, 0.15) is 51.0 Å². The van der Waals surface area contributed by atoms with E-state index in [1.54, 1.807) is 12.3 Å². The maximum absolute atomic E-state index is 12.8. The quantitative estimate of drug-likeness (QED) is 0.825. The summed E-state index contributed by atoms with van der Waals surface area (Å²) in [5.41, 5.74) is 1.75. The Morgan fingerprint density at radius 1 is 1.13 bits per heavy atom. The zero-order valence-electron chi connectivity index (χ0n) is 17.8. The van der Waals surface area contributed by atoms with Gasteiger partial charge in [-0.05, 0) is 50.0 Å². The van der Waals surface area contributed by atoms with Crippen molar-refractivity contribution in [2.75, 3.05) is 18.0 Å². The molecule has 0 spiro atoms. The Kier molecular flexibility index (Phi) is 6.50. The number of amides is 1. The minimum atomic E-state index is -0.112. The lowest BCUT2D eigenvalue weighted by molar-refractivity contribution is -0.126. The van der Waals surface area contributed by atoms with Crippen molar-refractivity contribution in [1.82, 2.24) is 15.1 Å². The predicted molar refractivity (Wildman–Crippen MR) is 119 cm³/mol. The largest absolute Gasteiger partial charge is 0.369 e. The van der Waals surface area contributed by atoms with Crippen LogP contribution in [0.4, 0.5) is 5.69 Å². The van der Waals surface area contributed by atoms with Gasteiger partial charge in [0.25, 0.3) is 5.56 Å². The van der Waals surface area contributed by atoms with Gasteiger partial charge in [0.2, 0.25) is 5.91 Å². The Balaban J connectivity index is 1.37. The minimum absolute atomic E-state index is 0.0233. The first-order valence-corrected chi connectivity index (χ1v) is 11.2. The van der Waals surface area contributed by atoms with Crippen molar-refractivity contribution in [3.05, 3.63) is 58.5 Å². The molecule has 2 heterocycles. The van der Waals surface area contributed by atoms with Crippen LogP contribution in [0.3, 0.4) is 0 Å². The summed E-state index contributed by atoms with van der Waals surface area (Å²) in [4.78, 5) is 27.6. The Morgan fingerprint density at radius 2 is 1.90 bits per heavy atom. The molecule has 1 aliphatic carbocycles. The summed E-state index contributed by atoms with van der Waals surface area (Å²) >= 11 is 0. The van der Waals surface area contributed by atoms with Gasteiger partial charge in [0, 0.05) is 25.2 Å². The number of hydrogen-bond acceptors (Lipinski definition) is 4. The van der Waals surface area contributed by atoms with E-state index >= 15 is 0 Å². The van der Waals surface area contributed by atoms with E-state index in [0.717, 1.165) is 49.4 Å². The third-order valence-electron chi connectivity index (χ3n) is 6.55. The summed E-state index contributed by atoms with van der Waals surface area (Å²) in [6, 6.07) is 11.8. The normalized spacial score (nSPS) is 24.4. The molecule has 1 aromatic heterocycles. The smallest absolute Gasteiger partial charge is 0.269 e. The van der Waals surface area contributed by atoms with Gasteiger partial charge in [0.1, 0.15) is 0 Å². The molecule has 0 radical (unpaired) electrons. The lowest BCUT2D eigenvalue weighted by atomic mass is 9.87. The van der Waals surface area contributed by atoms with Crippen LogP contribution in [0.15, 0.2) is 47.4 Å². The molecule has 1 saturated carbocycles. The lowest BCUT2D eigenvalue weighted by Crippen LogP contribution is -2.47. The summed E-state index contributed by atoms with van der Waals surface area (Å²) < 4.78 is 1.48. The first kappa shape index (κ1) is 20.6. The number of nitrogens with zero attached hydrogens (tertiary/aromatic N) is 3. The average molecular weight is 409 g/mol. The molecule has 1 aromatic carbocycles. The second-order valence-corrected chi connectivity index (χ2v) is 8.95. The molecular weight excluding hydrogens is 376 g/mol. The molecule has 1 N–H and O–H groups in total. The summed E-state index contributed by atoms with van der Waals surface area (Å²) in [6.07, 6.45) is 8.20. The molecule has 6 heteroatoms. The van der Waals surface area contributed by atoms with Crippen LogP contribution in [0.2, 0.25) is 0 Å². The minimum Gasteiger partial charge on any atom is -0.369 e. The van der Waals surface area contributed by atoms with E-state index in [-0.39, 0.29) is 17.4 Å². The standard InChI is InChI=1S/C24H32N4O2/c1-18-9-11-21(12-10-18)26-24(30)20-8-5-13-27(17-20)22-14-23(29)28(25-15-22)16-19-6-3-2-4-7-19/h2-4,6-7,14-15,18,20-21H,5,8-13,16-17H2,1H3,(H,26,30). The molecule has 1 unspecified atom stereocenters. The number of hydrogen-bond donors (Lipinski definition) is 1. The SMILES string of the molecule is CC1CCC(NC(=O)C2CCCN(c3cnn(Cc4ccccc4)c(=O)c3)C2)CC1. The molecule has 1 saturated heterocycles. The van der Waals surface area contributed by atoms with Gasteiger partial charge in [-0.1, -0.05) is 37.3 Å². The maximum atomic E-state index is 12.8. The van der Waals surface area contributed by atoms with Gasteiger partial charge < -0.3 is 10.2 Å². The molecule has 6 nitrogen and oxygen atoms in total. The average Bonchev–Trinajstić information content (AvgIpc) is 2.77. The lowest BCUT2D eigenvalue weighted by Gasteiger charge is -2.35. The topological polar surface area (TPSA) is 67.2 Å². The highest BCUT2D eigenvalue weighted by atomic mass is 16.2. The van der Waals surface area contributed by atoms with Crippen molar-refractivity contribution in [2.45, 2.75) is 58.0 Å². The molecule has 2 aliphatic rings. The van der Waals surface area contributed by atoms with Crippen molar-refractivity contribution >= 4 is 11.6 Å². The van der Waals surface area contributed by atoms with Gasteiger partial charge in [0.05, 0.1) is 24.3 Å². The van der Waals surface area contributed by atoms with Crippen LogP contribution in [0, 0.1) is 11.8 Å². The Bertz CT molecular complexity index is 903. The van der Waals surface area contributed by atoms with Crippen molar-refractivity contribution in [3.8, 4) is 0 Å². The number of anilines is 1. The first-order valence-electron chi connectivity index (χ1n) is 11.2. The highest BCUT2D eigenvalue weighted by Gasteiger charge is 2.29. The van der Waals surface area contributed by atoms with Gasteiger partial charge in [-0.15, -0.1) is 0 Å². The fourth-order valence-corrected chi connectivity index (χ4v) is 4.62. The molecule has 0 bridgehead atoms. The van der Waals surface area contributed by atoms with Gasteiger partial charge in [-0.3, -0.25) is 9.59 Å². The predicted octanol–water partition coefficient (Wildman–Crippen LogP) is 3.20. The van der Waals surface area contributed by atoms with E-state index in [9.17, 15) is 9.59 Å². The van der Waals surface area contributed by atoms with Crippen molar-refractivity contribution in [2.24, 2.45) is 11.8 Å². The van der Waals surface area contributed by atoms with Crippen LogP contribution >= 0.6 is 0 Å². The molecule has 30 heavy (non-hydrogen) atoms. The van der Waals surface area contributed by atoms with Gasteiger partial charge >= 0.3 is 0 Å². The molecule has 1 amide bonds. The number of rotatable bonds is 5.